The predicted octanol–water partition coefficient (Wildman–Crippen LogP) is 3.26. The van der Waals surface area contributed by atoms with E-state index in [0.29, 0.717) is 17.7 Å². The van der Waals surface area contributed by atoms with Crippen molar-refractivity contribution < 1.29 is 0 Å². The molecule has 8 nitrogen and oxygen atoms in total. The number of rotatable bonds is 5. The van der Waals surface area contributed by atoms with Crippen LogP contribution in [0.15, 0.2) is 76.3 Å². The Hall–Kier alpha value is -4.17. The summed E-state index contributed by atoms with van der Waals surface area (Å²) in [5.74, 6) is 0.727. The number of aromatic nitrogens is 4. The highest BCUT2D eigenvalue weighted by Crippen LogP contribution is 2.26. The maximum absolute atomic E-state index is 13.0. The number of nitrogens with zero attached hydrogens (tertiary/aromatic N) is 5. The summed E-state index contributed by atoms with van der Waals surface area (Å²) in [6.45, 7) is 6.87. The molecule has 5 aromatic rings. The molecule has 37 heavy (non-hydrogen) atoms. The second kappa shape index (κ2) is 9.37. The molecule has 8 heteroatoms. The first-order valence-electron chi connectivity index (χ1n) is 12.7. The summed E-state index contributed by atoms with van der Waals surface area (Å²) in [5, 5.41) is 2.29. The first-order chi connectivity index (χ1) is 18.0. The van der Waals surface area contributed by atoms with Gasteiger partial charge in [0.05, 0.1) is 6.54 Å². The number of imidazole rings is 1. The van der Waals surface area contributed by atoms with Gasteiger partial charge >= 0.3 is 5.69 Å². The maximum atomic E-state index is 13.0. The first kappa shape index (κ1) is 23.2. The highest BCUT2D eigenvalue weighted by Gasteiger charge is 2.25. The maximum Gasteiger partial charge on any atom is 0.329 e. The number of hydrogen-bond donors (Lipinski definition) is 1. The van der Waals surface area contributed by atoms with Gasteiger partial charge < -0.3 is 4.90 Å². The van der Waals surface area contributed by atoms with Gasteiger partial charge in [0.25, 0.3) is 5.56 Å². The lowest BCUT2D eigenvalue weighted by molar-refractivity contribution is 0.248. The molecule has 0 bridgehead atoms. The molecule has 0 aliphatic carbocycles. The monoisotopic (exact) mass is 494 g/mol. The molecule has 0 unspecified atom stereocenters. The van der Waals surface area contributed by atoms with Crippen molar-refractivity contribution in [2.75, 3.05) is 31.1 Å². The van der Waals surface area contributed by atoms with Crippen molar-refractivity contribution >= 4 is 27.9 Å². The van der Waals surface area contributed by atoms with E-state index < -0.39 is 11.2 Å². The first-order valence-corrected chi connectivity index (χ1v) is 12.7. The number of aryl methyl sites for hydroxylation is 2. The quantitative estimate of drug-likeness (QED) is 0.406. The van der Waals surface area contributed by atoms with Crippen molar-refractivity contribution in [1.82, 2.24) is 24.0 Å². The Bertz CT molecular complexity index is 1720. The number of H-pyrrole nitrogens is 1. The van der Waals surface area contributed by atoms with E-state index in [1.807, 2.05) is 22.8 Å². The minimum absolute atomic E-state index is 0.407. The van der Waals surface area contributed by atoms with Crippen molar-refractivity contribution in [2.45, 2.75) is 20.0 Å². The lowest BCUT2D eigenvalue weighted by atomic mass is 10.0. The van der Waals surface area contributed by atoms with Crippen LogP contribution in [0, 0.1) is 6.92 Å². The highest BCUT2D eigenvalue weighted by molar-refractivity contribution is 5.86. The van der Waals surface area contributed by atoms with E-state index in [1.165, 1.54) is 15.7 Å². The smallest absolute Gasteiger partial charge is 0.329 e. The average molecular weight is 495 g/mol. The number of piperazine rings is 1. The van der Waals surface area contributed by atoms with E-state index in [9.17, 15) is 9.59 Å². The topological polar surface area (TPSA) is 79.2 Å². The van der Waals surface area contributed by atoms with Gasteiger partial charge in [-0.15, -0.1) is 0 Å². The normalized spacial score (nSPS) is 14.6. The molecule has 1 N–H and O–H groups in total. The zero-order valence-corrected chi connectivity index (χ0v) is 21.1. The fourth-order valence-corrected chi connectivity index (χ4v) is 5.39. The van der Waals surface area contributed by atoms with Crippen LogP contribution in [0.3, 0.4) is 0 Å². The van der Waals surface area contributed by atoms with Crippen LogP contribution in [0.25, 0.3) is 21.9 Å². The van der Waals surface area contributed by atoms with Gasteiger partial charge in [-0.3, -0.25) is 23.8 Å². The number of benzene rings is 3. The van der Waals surface area contributed by atoms with Crippen molar-refractivity contribution in [1.29, 1.82) is 0 Å². The summed E-state index contributed by atoms with van der Waals surface area (Å²) in [6, 6.07) is 23.1. The second-order valence-corrected chi connectivity index (χ2v) is 9.88. The molecule has 0 amide bonds. The lowest BCUT2D eigenvalue weighted by Gasteiger charge is -2.35. The molecule has 1 fully saturated rings. The minimum atomic E-state index is -0.457. The molecule has 0 saturated carbocycles. The van der Waals surface area contributed by atoms with Gasteiger partial charge in [-0.1, -0.05) is 72.3 Å². The third kappa shape index (κ3) is 4.34. The summed E-state index contributed by atoms with van der Waals surface area (Å²) in [7, 11) is 1.65. The second-order valence-electron chi connectivity index (χ2n) is 9.88. The van der Waals surface area contributed by atoms with Crippen LogP contribution < -0.4 is 16.1 Å². The molecule has 1 aliphatic rings. The molecular weight excluding hydrogens is 464 g/mol. The Balaban J connectivity index is 1.37. The van der Waals surface area contributed by atoms with Gasteiger partial charge in [-0.2, -0.15) is 4.98 Å². The van der Waals surface area contributed by atoms with Crippen LogP contribution in [-0.4, -0.2) is 50.2 Å². The van der Waals surface area contributed by atoms with E-state index >= 15 is 0 Å². The van der Waals surface area contributed by atoms with Gasteiger partial charge in [0.1, 0.15) is 0 Å². The molecule has 0 spiro atoms. The molecule has 0 radical (unpaired) electrons. The largest absolute Gasteiger partial charge is 0.340 e. The van der Waals surface area contributed by atoms with E-state index in [1.54, 1.807) is 7.05 Å². The molecular formula is C29H30N6O2. The summed E-state index contributed by atoms with van der Waals surface area (Å²) in [6.07, 6.45) is 0. The Morgan fingerprint density at radius 3 is 2.46 bits per heavy atom. The molecule has 1 saturated heterocycles. The van der Waals surface area contributed by atoms with Crippen molar-refractivity contribution in [3.05, 3.63) is 104 Å². The van der Waals surface area contributed by atoms with Crippen LogP contribution >= 0.6 is 0 Å². The standard InChI is InChI=1S/C29H30N6O2/c1-20-7-5-8-21(17-20)18-33-13-15-34(16-14-33)28-30-26-25(27(36)31-29(37)32(26)2)35(28)19-23-11-6-10-22-9-3-4-12-24(22)23/h3-12,17H,13-16,18-19H2,1-2H3,(H,31,36,37). The van der Waals surface area contributed by atoms with Gasteiger partial charge in [0, 0.05) is 39.8 Å². The van der Waals surface area contributed by atoms with Crippen LogP contribution in [0.2, 0.25) is 0 Å². The zero-order chi connectivity index (χ0) is 25.5. The molecule has 1 aliphatic heterocycles. The molecule has 0 atom stereocenters. The Kier molecular flexibility index (Phi) is 5.88. The van der Waals surface area contributed by atoms with Crippen molar-refractivity contribution in [3.63, 3.8) is 0 Å². The van der Waals surface area contributed by atoms with E-state index in [2.05, 4.69) is 70.2 Å². The van der Waals surface area contributed by atoms with Crippen LogP contribution in [0.1, 0.15) is 16.7 Å². The average Bonchev–Trinajstić information content (AvgIpc) is 3.28. The molecule has 6 rings (SSSR count). The Morgan fingerprint density at radius 1 is 0.892 bits per heavy atom. The van der Waals surface area contributed by atoms with Crippen molar-refractivity contribution in [3.8, 4) is 0 Å². The SMILES string of the molecule is Cc1cccc(CN2CCN(c3nc4c(c(=O)[nH]c(=O)n4C)n3Cc3cccc4ccccc34)CC2)c1. The number of anilines is 1. The molecule has 188 valence electrons. The van der Waals surface area contributed by atoms with Crippen molar-refractivity contribution in [2.24, 2.45) is 7.05 Å². The molecule has 3 heterocycles. The highest BCUT2D eigenvalue weighted by atomic mass is 16.2. The van der Waals surface area contributed by atoms with Crippen LogP contribution in [0.4, 0.5) is 5.95 Å². The summed E-state index contributed by atoms with van der Waals surface area (Å²) >= 11 is 0. The zero-order valence-electron chi connectivity index (χ0n) is 21.1. The summed E-state index contributed by atoms with van der Waals surface area (Å²) < 4.78 is 3.40. The summed E-state index contributed by atoms with van der Waals surface area (Å²) in [5.41, 5.74) is 3.66. The Labute approximate surface area is 214 Å². The van der Waals surface area contributed by atoms with E-state index in [-0.39, 0.29) is 0 Å². The summed E-state index contributed by atoms with van der Waals surface area (Å²) in [4.78, 5) is 37.4. The van der Waals surface area contributed by atoms with Gasteiger partial charge in [-0.25, -0.2) is 4.79 Å². The number of aromatic amines is 1. The fraction of sp³-hybridized carbons (Fsp3) is 0.276. The fourth-order valence-electron chi connectivity index (χ4n) is 5.39. The van der Waals surface area contributed by atoms with Crippen LogP contribution in [0.5, 0.6) is 0 Å². The predicted molar refractivity (Wildman–Crippen MR) is 147 cm³/mol. The van der Waals surface area contributed by atoms with Gasteiger partial charge in [0.2, 0.25) is 5.95 Å². The van der Waals surface area contributed by atoms with Gasteiger partial charge in [0.15, 0.2) is 11.2 Å². The van der Waals surface area contributed by atoms with Crippen LogP contribution in [-0.2, 0) is 20.1 Å². The van der Waals surface area contributed by atoms with E-state index in [0.717, 1.165) is 55.0 Å². The third-order valence-corrected chi connectivity index (χ3v) is 7.34. The number of hydrogen-bond acceptors (Lipinski definition) is 5. The number of fused-ring (bicyclic) bond motifs is 2. The van der Waals surface area contributed by atoms with Gasteiger partial charge in [-0.05, 0) is 28.8 Å². The number of nitrogens with one attached hydrogen (secondary N) is 1. The molecule has 3 aromatic carbocycles. The molecule has 2 aromatic heterocycles. The third-order valence-electron chi connectivity index (χ3n) is 7.34. The van der Waals surface area contributed by atoms with E-state index in [4.69, 9.17) is 4.98 Å². The lowest BCUT2D eigenvalue weighted by Crippen LogP contribution is -2.47. The Morgan fingerprint density at radius 2 is 1.65 bits per heavy atom. The minimum Gasteiger partial charge on any atom is -0.340 e.